The number of carbonyl (C=O) groups is 1. The van der Waals surface area contributed by atoms with Gasteiger partial charge in [-0.3, -0.25) is 4.79 Å². The monoisotopic (exact) mass is 239 g/mol. The Morgan fingerprint density at radius 1 is 1.60 bits per heavy atom. The van der Waals surface area contributed by atoms with Crippen molar-refractivity contribution in [3.63, 3.8) is 0 Å². The van der Waals surface area contributed by atoms with Crippen LogP contribution in [0.3, 0.4) is 0 Å². The molecule has 0 aliphatic rings. The zero-order chi connectivity index (χ0) is 10.8. The molecule has 15 heavy (non-hydrogen) atoms. The van der Waals surface area contributed by atoms with Gasteiger partial charge >= 0.3 is 35.5 Å². The van der Waals surface area contributed by atoms with Crippen LogP contribution in [0.5, 0.6) is 0 Å². The molecule has 0 radical (unpaired) electrons. The third-order valence-corrected chi connectivity index (χ3v) is 2.40. The summed E-state index contributed by atoms with van der Waals surface area (Å²) in [6.45, 7) is 5.98. The Labute approximate surface area is 115 Å². The summed E-state index contributed by atoms with van der Waals surface area (Å²) >= 11 is 1.18. The van der Waals surface area contributed by atoms with Gasteiger partial charge in [0.15, 0.2) is 5.16 Å². The summed E-state index contributed by atoms with van der Waals surface area (Å²) in [7, 11) is 0. The Kier molecular flexibility index (Phi) is 5.87. The molecule has 0 aliphatic carbocycles. The van der Waals surface area contributed by atoms with Crippen LogP contribution in [-0.4, -0.2) is 61.2 Å². The Balaban J connectivity index is 0.00000196. The van der Waals surface area contributed by atoms with Gasteiger partial charge in [0, 0.05) is 0 Å². The molecule has 0 fully saturated rings. The Morgan fingerprint density at radius 2 is 2.20 bits per heavy atom. The molecule has 7 heteroatoms. The molecule has 0 bridgehead atoms. The van der Waals surface area contributed by atoms with Gasteiger partial charge in [0.1, 0.15) is 6.33 Å². The van der Waals surface area contributed by atoms with E-state index in [4.69, 9.17) is 5.11 Å². The van der Waals surface area contributed by atoms with E-state index >= 15 is 0 Å². The number of aliphatic carboxylic acids is 1. The topological polar surface area (TPSA) is 68.0 Å². The molecule has 1 rings (SSSR count). The predicted molar refractivity (Wildman–Crippen MR) is 60.5 cm³/mol. The second kappa shape index (κ2) is 5.89. The number of hydrogen-bond acceptors (Lipinski definition) is 4. The standard InChI is InChI=1S/C8H13N3O2S.Na.H/c1-8(2,3)11-7(9-5-10-11)14-4-6(12)13;;/h5H,4H2,1-3H3,(H,12,13);;. The minimum absolute atomic E-state index is 0. The van der Waals surface area contributed by atoms with Gasteiger partial charge < -0.3 is 5.11 Å². The molecule has 1 heterocycles. The number of nitrogens with zero attached hydrogens (tertiary/aromatic N) is 3. The minimum atomic E-state index is -0.849. The molecular formula is C8H14N3NaO2S. The van der Waals surface area contributed by atoms with E-state index in [-0.39, 0.29) is 40.8 Å². The van der Waals surface area contributed by atoms with Crippen molar-refractivity contribution in [2.24, 2.45) is 0 Å². The van der Waals surface area contributed by atoms with Gasteiger partial charge in [-0.25, -0.2) is 9.67 Å². The molecule has 0 saturated carbocycles. The van der Waals surface area contributed by atoms with Crippen LogP contribution >= 0.6 is 11.8 Å². The van der Waals surface area contributed by atoms with Crippen LogP contribution < -0.4 is 0 Å². The zero-order valence-electron chi connectivity index (χ0n) is 8.39. The Morgan fingerprint density at radius 3 is 2.67 bits per heavy atom. The van der Waals surface area contributed by atoms with Gasteiger partial charge in [-0.2, -0.15) is 5.10 Å². The molecule has 0 atom stereocenters. The second-order valence-electron chi connectivity index (χ2n) is 3.81. The van der Waals surface area contributed by atoms with Crippen molar-refractivity contribution >= 4 is 47.3 Å². The van der Waals surface area contributed by atoms with Crippen LogP contribution in [0, 0.1) is 0 Å². The van der Waals surface area contributed by atoms with E-state index in [9.17, 15) is 4.79 Å². The fraction of sp³-hybridized carbons (Fsp3) is 0.625. The maximum absolute atomic E-state index is 10.4. The fourth-order valence-electron chi connectivity index (χ4n) is 0.916. The summed E-state index contributed by atoms with van der Waals surface area (Å²) in [4.78, 5) is 14.4. The van der Waals surface area contributed by atoms with Gasteiger partial charge in [0.05, 0.1) is 11.3 Å². The van der Waals surface area contributed by atoms with Crippen molar-refractivity contribution in [2.75, 3.05) is 5.75 Å². The molecule has 1 N–H and O–H groups in total. The number of carboxylic acid groups (broad SMARTS) is 1. The molecule has 80 valence electrons. The molecule has 0 aliphatic heterocycles. The molecule has 1 aromatic heterocycles. The van der Waals surface area contributed by atoms with Crippen LogP contribution in [-0.2, 0) is 10.3 Å². The SMILES string of the molecule is CC(C)(C)n1ncnc1SCC(=O)O.[NaH]. The number of thioether (sulfide) groups is 1. The van der Waals surface area contributed by atoms with Gasteiger partial charge in [-0.15, -0.1) is 0 Å². The Bertz CT molecular complexity index is 335. The van der Waals surface area contributed by atoms with Crippen molar-refractivity contribution in [3.8, 4) is 0 Å². The van der Waals surface area contributed by atoms with E-state index in [1.165, 1.54) is 18.1 Å². The number of carboxylic acids is 1. The fourth-order valence-corrected chi connectivity index (χ4v) is 1.73. The van der Waals surface area contributed by atoms with E-state index in [0.29, 0.717) is 5.16 Å². The van der Waals surface area contributed by atoms with E-state index in [1.807, 2.05) is 20.8 Å². The first-order valence-corrected chi connectivity index (χ1v) is 5.15. The summed E-state index contributed by atoms with van der Waals surface area (Å²) in [5.41, 5.74) is -0.169. The first-order valence-electron chi connectivity index (χ1n) is 4.16. The number of rotatable bonds is 3. The summed E-state index contributed by atoms with van der Waals surface area (Å²) in [5.74, 6) is -0.840. The molecule has 0 aromatic carbocycles. The molecular weight excluding hydrogens is 225 g/mol. The van der Waals surface area contributed by atoms with Crippen LogP contribution in [0.1, 0.15) is 20.8 Å². The molecule has 0 unspecified atom stereocenters. The molecule has 5 nitrogen and oxygen atoms in total. The second-order valence-corrected chi connectivity index (χ2v) is 4.75. The summed E-state index contributed by atoms with van der Waals surface area (Å²) in [6, 6.07) is 0. The molecule has 0 saturated heterocycles. The Hall–Kier alpha value is -0.0400. The van der Waals surface area contributed by atoms with Crippen molar-refractivity contribution in [2.45, 2.75) is 31.5 Å². The third-order valence-electron chi connectivity index (χ3n) is 1.48. The third kappa shape index (κ3) is 4.55. The number of hydrogen-bond donors (Lipinski definition) is 1. The van der Waals surface area contributed by atoms with Gasteiger partial charge in [-0.05, 0) is 20.8 Å². The summed E-state index contributed by atoms with van der Waals surface area (Å²) < 4.78 is 1.72. The average Bonchev–Trinajstić information content (AvgIpc) is 2.46. The van der Waals surface area contributed by atoms with Crippen LogP contribution in [0.4, 0.5) is 0 Å². The first-order chi connectivity index (χ1) is 6.41. The maximum atomic E-state index is 10.4. The molecule has 0 amide bonds. The van der Waals surface area contributed by atoms with Gasteiger partial charge in [0.2, 0.25) is 0 Å². The van der Waals surface area contributed by atoms with E-state index in [2.05, 4.69) is 10.1 Å². The molecule has 0 spiro atoms. The normalized spacial score (nSPS) is 10.9. The number of aromatic nitrogens is 3. The first kappa shape index (κ1) is 15.0. The van der Waals surface area contributed by atoms with Crippen molar-refractivity contribution in [3.05, 3.63) is 6.33 Å². The van der Waals surface area contributed by atoms with Crippen molar-refractivity contribution in [1.29, 1.82) is 0 Å². The van der Waals surface area contributed by atoms with Crippen LogP contribution in [0.2, 0.25) is 0 Å². The summed E-state index contributed by atoms with van der Waals surface area (Å²) in [5, 5.41) is 13.2. The van der Waals surface area contributed by atoms with Crippen LogP contribution in [0.15, 0.2) is 11.5 Å². The quantitative estimate of drug-likeness (QED) is 0.616. The van der Waals surface area contributed by atoms with Gasteiger partial charge in [0.25, 0.3) is 0 Å². The van der Waals surface area contributed by atoms with E-state index < -0.39 is 5.97 Å². The van der Waals surface area contributed by atoms with Crippen molar-refractivity contribution < 1.29 is 9.90 Å². The molecule has 1 aromatic rings. The zero-order valence-corrected chi connectivity index (χ0v) is 9.21. The van der Waals surface area contributed by atoms with Crippen molar-refractivity contribution in [1.82, 2.24) is 14.8 Å². The summed E-state index contributed by atoms with van der Waals surface area (Å²) in [6.07, 6.45) is 1.44. The van der Waals surface area contributed by atoms with E-state index in [0.717, 1.165) is 0 Å². The van der Waals surface area contributed by atoms with Crippen LogP contribution in [0.25, 0.3) is 0 Å². The van der Waals surface area contributed by atoms with Gasteiger partial charge in [-0.1, -0.05) is 11.8 Å². The average molecular weight is 239 g/mol. The predicted octanol–water partition coefficient (Wildman–Crippen LogP) is 0.561. The van der Waals surface area contributed by atoms with E-state index in [1.54, 1.807) is 4.68 Å².